The molecule has 4 bridgehead atoms. The Bertz CT molecular complexity index is 1340. The van der Waals surface area contributed by atoms with Gasteiger partial charge < -0.3 is 23.7 Å². The van der Waals surface area contributed by atoms with Gasteiger partial charge in [-0.2, -0.15) is 0 Å². The molecule has 1 heterocycles. The first-order valence-electron chi connectivity index (χ1n) is 13.1. The Morgan fingerprint density at radius 3 is 2.30 bits per heavy atom. The minimum absolute atomic E-state index is 0.0303. The second-order valence-electron chi connectivity index (χ2n) is 11.1. The molecule has 1 N–H and O–H groups in total. The zero-order chi connectivity index (χ0) is 25.6. The van der Waals surface area contributed by atoms with Gasteiger partial charge in [0.25, 0.3) is 0 Å². The van der Waals surface area contributed by atoms with Crippen LogP contribution < -0.4 is 10.2 Å². The fraction of sp³-hybridized carbons (Fsp3) is 0.467. The van der Waals surface area contributed by atoms with E-state index in [-0.39, 0.29) is 23.2 Å². The first kappa shape index (κ1) is 24.2. The van der Waals surface area contributed by atoms with Crippen molar-refractivity contribution in [3.63, 3.8) is 0 Å². The highest BCUT2D eigenvalue weighted by atomic mass is 16.7. The lowest BCUT2D eigenvalue weighted by Crippen LogP contribution is -2.48. The number of carbonyl (C=O) groups is 1. The van der Waals surface area contributed by atoms with E-state index in [9.17, 15) is 14.7 Å². The van der Waals surface area contributed by atoms with Crippen molar-refractivity contribution in [3.05, 3.63) is 63.8 Å². The zero-order valence-corrected chi connectivity index (χ0v) is 21.0. The summed E-state index contributed by atoms with van der Waals surface area (Å²) in [6.45, 7) is 1.01. The lowest BCUT2D eigenvalue weighted by atomic mass is 9.48. The van der Waals surface area contributed by atoms with Crippen molar-refractivity contribution >= 4 is 16.9 Å². The first-order chi connectivity index (χ1) is 17.9. The Morgan fingerprint density at radius 2 is 1.68 bits per heavy atom. The standard InChI is InChI=1S/C30H32O7/c1-34-6-7-35-17-36-28-13-27-23(11-24(28)30-14-18-8-19(15-30)10-20(9-18)16-30)25(31)12-26(37-27)21-2-4-22(5-3-21)29(32)33/h2-5,11-13,18-20H,6-10,14-17H2,1H3,(H,32,33). The smallest absolute Gasteiger partial charge is 0.335 e. The number of aromatic carboxylic acids is 1. The van der Waals surface area contributed by atoms with E-state index >= 15 is 0 Å². The van der Waals surface area contributed by atoms with Crippen LogP contribution in [0.4, 0.5) is 0 Å². The largest absolute Gasteiger partial charge is 0.478 e. The van der Waals surface area contributed by atoms with Gasteiger partial charge in [-0.3, -0.25) is 4.79 Å². The Hall–Kier alpha value is -3.16. The van der Waals surface area contributed by atoms with Crippen molar-refractivity contribution in [2.45, 2.75) is 43.9 Å². The van der Waals surface area contributed by atoms with E-state index in [4.69, 9.17) is 18.6 Å². The minimum atomic E-state index is -1.00. The van der Waals surface area contributed by atoms with Crippen LogP contribution >= 0.6 is 0 Å². The van der Waals surface area contributed by atoms with Crippen LogP contribution in [0.15, 0.2) is 51.7 Å². The number of ether oxygens (including phenoxy) is 3. The van der Waals surface area contributed by atoms with Gasteiger partial charge in [-0.25, -0.2) is 4.79 Å². The van der Waals surface area contributed by atoms with E-state index in [0.717, 1.165) is 42.6 Å². The molecule has 2 aromatic carbocycles. The van der Waals surface area contributed by atoms with Crippen LogP contribution in [0.2, 0.25) is 0 Å². The maximum Gasteiger partial charge on any atom is 0.335 e. The number of methoxy groups -OCH3 is 1. The fourth-order valence-corrected chi connectivity index (χ4v) is 7.38. The second-order valence-corrected chi connectivity index (χ2v) is 11.1. The average Bonchev–Trinajstić information content (AvgIpc) is 2.87. The van der Waals surface area contributed by atoms with E-state index in [1.165, 1.54) is 37.5 Å². The average molecular weight is 505 g/mol. The molecule has 0 saturated heterocycles. The van der Waals surface area contributed by atoms with Gasteiger partial charge in [0.2, 0.25) is 0 Å². The predicted octanol–water partition coefficient (Wildman–Crippen LogP) is 5.63. The number of fused-ring (bicyclic) bond motifs is 1. The quantitative estimate of drug-likeness (QED) is 0.298. The number of carboxylic acids is 1. The summed E-state index contributed by atoms with van der Waals surface area (Å²) < 4.78 is 23.1. The van der Waals surface area contributed by atoms with Crippen LogP contribution in [0.3, 0.4) is 0 Å². The summed E-state index contributed by atoms with van der Waals surface area (Å²) in [7, 11) is 1.63. The molecule has 194 valence electrons. The van der Waals surface area contributed by atoms with Crippen molar-refractivity contribution in [2.75, 3.05) is 27.1 Å². The van der Waals surface area contributed by atoms with Crippen LogP contribution in [0.5, 0.6) is 5.75 Å². The number of carboxylic acid groups (broad SMARTS) is 1. The van der Waals surface area contributed by atoms with Crippen molar-refractivity contribution in [3.8, 4) is 17.1 Å². The highest BCUT2D eigenvalue weighted by Gasteiger charge is 2.52. The van der Waals surface area contributed by atoms with Gasteiger partial charge in [-0.05, 0) is 79.9 Å². The molecule has 0 unspecified atom stereocenters. The molecule has 4 fully saturated rings. The molecule has 0 aliphatic heterocycles. The summed E-state index contributed by atoms with van der Waals surface area (Å²) in [6.07, 6.45) is 7.42. The first-order valence-corrected chi connectivity index (χ1v) is 13.1. The molecule has 4 aliphatic rings. The monoisotopic (exact) mass is 504 g/mol. The molecule has 0 spiro atoms. The predicted molar refractivity (Wildman–Crippen MR) is 138 cm³/mol. The molecule has 7 heteroatoms. The molecule has 1 aromatic heterocycles. The van der Waals surface area contributed by atoms with Gasteiger partial charge in [-0.1, -0.05) is 12.1 Å². The van der Waals surface area contributed by atoms with Crippen LogP contribution in [-0.4, -0.2) is 38.2 Å². The summed E-state index contributed by atoms with van der Waals surface area (Å²) in [5, 5.41) is 9.74. The van der Waals surface area contributed by atoms with Crippen molar-refractivity contribution in [2.24, 2.45) is 17.8 Å². The molecule has 4 aliphatic carbocycles. The van der Waals surface area contributed by atoms with Crippen molar-refractivity contribution in [1.82, 2.24) is 0 Å². The van der Waals surface area contributed by atoms with Crippen molar-refractivity contribution < 1.29 is 28.5 Å². The lowest BCUT2D eigenvalue weighted by Gasteiger charge is -2.57. The van der Waals surface area contributed by atoms with Crippen LogP contribution in [-0.2, 0) is 14.9 Å². The van der Waals surface area contributed by atoms with Crippen molar-refractivity contribution in [1.29, 1.82) is 0 Å². The Morgan fingerprint density at radius 1 is 1.00 bits per heavy atom. The third-order valence-corrected chi connectivity index (χ3v) is 8.58. The summed E-state index contributed by atoms with van der Waals surface area (Å²) in [4.78, 5) is 24.6. The van der Waals surface area contributed by atoms with Gasteiger partial charge >= 0.3 is 5.97 Å². The number of rotatable bonds is 9. The second kappa shape index (κ2) is 9.62. The number of benzene rings is 2. The zero-order valence-electron chi connectivity index (χ0n) is 21.0. The SMILES string of the molecule is COCCOCOc1cc2oc(-c3ccc(C(=O)O)cc3)cc(=O)c2cc1C12CC3CC(CC(C3)C1)C2. The summed E-state index contributed by atoms with van der Waals surface area (Å²) >= 11 is 0. The van der Waals surface area contributed by atoms with E-state index in [0.29, 0.717) is 41.3 Å². The Labute approximate surface area is 215 Å². The summed E-state index contributed by atoms with van der Waals surface area (Å²) in [6, 6.07) is 11.7. The molecule has 7 nitrogen and oxygen atoms in total. The summed E-state index contributed by atoms with van der Waals surface area (Å²) in [5.41, 5.74) is 2.29. The van der Waals surface area contributed by atoms with E-state index in [2.05, 4.69) is 0 Å². The summed E-state index contributed by atoms with van der Waals surface area (Å²) in [5.74, 6) is 2.35. The molecule has 0 radical (unpaired) electrons. The van der Waals surface area contributed by atoms with Gasteiger partial charge in [-0.15, -0.1) is 0 Å². The van der Waals surface area contributed by atoms with Crippen LogP contribution in [0, 0.1) is 17.8 Å². The van der Waals surface area contributed by atoms with Gasteiger partial charge in [0, 0.05) is 30.4 Å². The van der Waals surface area contributed by atoms with Gasteiger partial charge in [0.15, 0.2) is 12.2 Å². The van der Waals surface area contributed by atoms with Gasteiger partial charge in [0.1, 0.15) is 17.1 Å². The third-order valence-electron chi connectivity index (χ3n) is 8.58. The highest BCUT2D eigenvalue weighted by molar-refractivity contribution is 5.88. The van der Waals surface area contributed by atoms with E-state index in [1.807, 2.05) is 12.1 Å². The molecule has 4 saturated carbocycles. The Balaban J connectivity index is 1.41. The molecular weight excluding hydrogens is 472 g/mol. The molecule has 0 amide bonds. The molecule has 3 aromatic rings. The normalized spacial score (nSPS) is 26.0. The number of hydrogen-bond acceptors (Lipinski definition) is 6. The van der Waals surface area contributed by atoms with E-state index < -0.39 is 5.97 Å². The highest BCUT2D eigenvalue weighted by Crippen LogP contribution is 2.62. The van der Waals surface area contributed by atoms with Gasteiger partial charge in [0.05, 0.1) is 24.2 Å². The molecule has 0 atom stereocenters. The molecule has 37 heavy (non-hydrogen) atoms. The molecular formula is C30H32O7. The van der Waals surface area contributed by atoms with E-state index in [1.54, 1.807) is 19.2 Å². The maximum atomic E-state index is 13.3. The fourth-order valence-electron chi connectivity index (χ4n) is 7.38. The third kappa shape index (κ3) is 4.55. The molecule has 7 rings (SSSR count). The number of hydrogen-bond donors (Lipinski definition) is 1. The Kier molecular flexibility index (Phi) is 6.29. The minimum Gasteiger partial charge on any atom is -0.478 e. The maximum absolute atomic E-state index is 13.3. The topological polar surface area (TPSA) is 95.2 Å². The lowest BCUT2D eigenvalue weighted by molar-refractivity contribution is -0.0188. The van der Waals surface area contributed by atoms with Crippen LogP contribution in [0.1, 0.15) is 54.4 Å². The van der Waals surface area contributed by atoms with Crippen LogP contribution in [0.25, 0.3) is 22.3 Å².